The third kappa shape index (κ3) is 4.27. The van der Waals surface area contributed by atoms with Crippen molar-refractivity contribution < 1.29 is 13.2 Å². The molecule has 0 aliphatic heterocycles. The molecule has 2 rings (SSSR count). The van der Waals surface area contributed by atoms with Crippen LogP contribution in [0, 0.1) is 5.92 Å². The summed E-state index contributed by atoms with van der Waals surface area (Å²) in [4.78, 5) is 0.310. The lowest BCUT2D eigenvalue weighted by molar-refractivity contribution is 0.114. The molecule has 0 atom stereocenters. The molecule has 4 nitrogen and oxygen atoms in total. The van der Waals surface area contributed by atoms with Crippen LogP contribution in [0.25, 0.3) is 10.8 Å². The van der Waals surface area contributed by atoms with Crippen LogP contribution >= 0.6 is 0 Å². The molecular weight excluding hydrogens is 286 g/mol. The lowest BCUT2D eigenvalue weighted by atomic mass is 10.1. The van der Waals surface area contributed by atoms with Gasteiger partial charge in [-0.1, -0.05) is 50.2 Å². The van der Waals surface area contributed by atoms with E-state index >= 15 is 0 Å². The van der Waals surface area contributed by atoms with Crippen LogP contribution in [0.2, 0.25) is 0 Å². The van der Waals surface area contributed by atoms with Crippen molar-refractivity contribution in [3.8, 4) is 0 Å². The van der Waals surface area contributed by atoms with Crippen molar-refractivity contribution in [2.45, 2.75) is 18.7 Å². The normalized spacial score (nSPS) is 12.1. The van der Waals surface area contributed by atoms with Crippen molar-refractivity contribution in [1.82, 2.24) is 4.72 Å². The molecule has 5 heteroatoms. The summed E-state index contributed by atoms with van der Waals surface area (Å²) in [6.07, 6.45) is 0. The first kappa shape index (κ1) is 15.9. The van der Waals surface area contributed by atoms with E-state index in [1.165, 1.54) is 0 Å². The number of hydrogen-bond donors (Lipinski definition) is 1. The summed E-state index contributed by atoms with van der Waals surface area (Å²) in [5.74, 6) is 0.444. The van der Waals surface area contributed by atoms with Gasteiger partial charge in [-0.25, -0.2) is 13.1 Å². The first-order valence-electron chi connectivity index (χ1n) is 7.06. The fourth-order valence-electron chi connectivity index (χ4n) is 2.08. The SMILES string of the molecule is CC(C)COCCNS(=O)(=O)c1cccc2ccccc12. The standard InChI is InChI=1S/C16H21NO3S/c1-13(2)12-20-11-10-17-21(18,19)16-9-5-7-14-6-3-4-8-15(14)16/h3-9,13,17H,10-12H2,1-2H3. The Labute approximate surface area is 126 Å². The number of fused-ring (bicyclic) bond motifs is 1. The third-order valence-corrected chi connectivity index (χ3v) is 4.55. The quantitative estimate of drug-likeness (QED) is 0.800. The van der Waals surface area contributed by atoms with Crippen LogP contribution in [0.1, 0.15) is 13.8 Å². The Balaban J connectivity index is 2.08. The molecule has 0 saturated carbocycles. The Morgan fingerprint density at radius 2 is 1.81 bits per heavy atom. The maximum atomic E-state index is 12.4. The van der Waals surface area contributed by atoms with E-state index in [2.05, 4.69) is 18.6 Å². The summed E-state index contributed by atoms with van der Waals surface area (Å²) in [5.41, 5.74) is 0. The van der Waals surface area contributed by atoms with Gasteiger partial charge in [-0.15, -0.1) is 0 Å². The van der Waals surface area contributed by atoms with Crippen molar-refractivity contribution >= 4 is 20.8 Å². The number of rotatable bonds is 7. The fraction of sp³-hybridized carbons (Fsp3) is 0.375. The van der Waals surface area contributed by atoms with Crippen molar-refractivity contribution in [2.75, 3.05) is 19.8 Å². The average molecular weight is 307 g/mol. The number of hydrogen-bond acceptors (Lipinski definition) is 3. The molecule has 21 heavy (non-hydrogen) atoms. The molecule has 0 saturated heterocycles. The van der Waals surface area contributed by atoms with Crippen LogP contribution < -0.4 is 4.72 Å². The molecule has 2 aromatic carbocycles. The van der Waals surface area contributed by atoms with Crippen LogP contribution in [0.15, 0.2) is 47.4 Å². The molecule has 0 spiro atoms. The highest BCUT2D eigenvalue weighted by molar-refractivity contribution is 7.89. The molecule has 0 fully saturated rings. The van der Waals surface area contributed by atoms with Gasteiger partial charge in [-0.2, -0.15) is 0 Å². The summed E-state index contributed by atoms with van der Waals surface area (Å²) in [6, 6.07) is 12.7. The number of sulfonamides is 1. The van der Waals surface area contributed by atoms with Gasteiger partial charge in [0.2, 0.25) is 10.0 Å². The monoisotopic (exact) mass is 307 g/mol. The van der Waals surface area contributed by atoms with Gasteiger partial charge in [-0.3, -0.25) is 0 Å². The molecule has 1 N–H and O–H groups in total. The summed E-state index contributed by atoms with van der Waals surface area (Å²) in [7, 11) is -3.52. The van der Waals surface area contributed by atoms with Gasteiger partial charge in [0, 0.05) is 18.5 Å². The zero-order valence-corrected chi connectivity index (χ0v) is 13.2. The molecule has 0 bridgehead atoms. The molecule has 0 aromatic heterocycles. The molecule has 0 unspecified atom stereocenters. The maximum absolute atomic E-state index is 12.4. The van der Waals surface area contributed by atoms with E-state index in [4.69, 9.17) is 4.74 Å². The van der Waals surface area contributed by atoms with Gasteiger partial charge in [-0.05, 0) is 17.4 Å². The molecule has 0 aliphatic carbocycles. The predicted octanol–water partition coefficient (Wildman–Crippen LogP) is 2.79. The van der Waals surface area contributed by atoms with E-state index < -0.39 is 10.0 Å². The Kier molecular flexibility index (Phi) is 5.33. The minimum Gasteiger partial charge on any atom is -0.380 e. The zero-order chi connectivity index (χ0) is 15.3. The number of nitrogens with one attached hydrogen (secondary N) is 1. The molecule has 114 valence electrons. The van der Waals surface area contributed by atoms with Crippen molar-refractivity contribution in [2.24, 2.45) is 5.92 Å². The lowest BCUT2D eigenvalue weighted by Crippen LogP contribution is -2.28. The Bertz CT molecular complexity index is 690. The first-order chi connectivity index (χ1) is 10.0. The summed E-state index contributed by atoms with van der Waals surface area (Å²) in [6.45, 7) is 5.40. The van der Waals surface area contributed by atoms with Crippen LogP contribution in [-0.2, 0) is 14.8 Å². The van der Waals surface area contributed by atoms with Crippen LogP contribution in [0.5, 0.6) is 0 Å². The van der Waals surface area contributed by atoms with Gasteiger partial charge in [0.25, 0.3) is 0 Å². The Morgan fingerprint density at radius 1 is 1.10 bits per heavy atom. The molecule has 0 radical (unpaired) electrons. The van der Waals surface area contributed by atoms with Gasteiger partial charge in [0.15, 0.2) is 0 Å². The first-order valence-corrected chi connectivity index (χ1v) is 8.54. The average Bonchev–Trinajstić information content (AvgIpc) is 2.46. The molecule has 2 aromatic rings. The molecule has 0 aliphatic rings. The van der Waals surface area contributed by atoms with E-state index in [9.17, 15) is 8.42 Å². The summed E-state index contributed by atoms with van der Waals surface area (Å²) in [5, 5.41) is 1.65. The topological polar surface area (TPSA) is 55.4 Å². The summed E-state index contributed by atoms with van der Waals surface area (Å²) >= 11 is 0. The van der Waals surface area contributed by atoms with Gasteiger partial charge < -0.3 is 4.74 Å². The van der Waals surface area contributed by atoms with Crippen LogP contribution in [0.3, 0.4) is 0 Å². The van der Waals surface area contributed by atoms with Gasteiger partial charge >= 0.3 is 0 Å². The van der Waals surface area contributed by atoms with Crippen molar-refractivity contribution in [3.63, 3.8) is 0 Å². The lowest BCUT2D eigenvalue weighted by Gasteiger charge is -2.10. The van der Waals surface area contributed by atoms with Crippen LogP contribution in [0.4, 0.5) is 0 Å². The smallest absolute Gasteiger partial charge is 0.241 e. The highest BCUT2D eigenvalue weighted by Gasteiger charge is 2.16. The Morgan fingerprint density at radius 3 is 2.57 bits per heavy atom. The van der Waals surface area contributed by atoms with Crippen molar-refractivity contribution in [1.29, 1.82) is 0 Å². The highest BCUT2D eigenvalue weighted by Crippen LogP contribution is 2.22. The number of ether oxygens (including phenoxy) is 1. The van der Waals surface area contributed by atoms with Gasteiger partial charge in [0.05, 0.1) is 11.5 Å². The second kappa shape index (κ2) is 7.02. The van der Waals surface area contributed by atoms with E-state index in [0.717, 1.165) is 10.8 Å². The molecule has 0 amide bonds. The minimum absolute atomic E-state index is 0.276. The molecular formula is C16H21NO3S. The van der Waals surface area contributed by atoms with E-state index in [1.807, 2.05) is 30.3 Å². The highest BCUT2D eigenvalue weighted by atomic mass is 32.2. The fourth-order valence-corrected chi connectivity index (χ4v) is 3.32. The summed E-state index contributed by atoms with van der Waals surface area (Å²) < 4.78 is 32.7. The maximum Gasteiger partial charge on any atom is 0.241 e. The van der Waals surface area contributed by atoms with Gasteiger partial charge in [0.1, 0.15) is 0 Å². The van der Waals surface area contributed by atoms with E-state index in [-0.39, 0.29) is 6.54 Å². The number of benzene rings is 2. The second-order valence-corrected chi connectivity index (χ2v) is 7.08. The molecule has 0 heterocycles. The zero-order valence-electron chi connectivity index (χ0n) is 12.4. The second-order valence-electron chi connectivity index (χ2n) is 5.34. The van der Waals surface area contributed by atoms with E-state index in [1.54, 1.807) is 12.1 Å². The Hall–Kier alpha value is -1.43. The third-order valence-electron chi connectivity index (χ3n) is 3.03. The predicted molar refractivity (Wildman–Crippen MR) is 84.8 cm³/mol. The van der Waals surface area contributed by atoms with E-state index in [0.29, 0.717) is 24.0 Å². The minimum atomic E-state index is -3.52. The van der Waals surface area contributed by atoms with Crippen LogP contribution in [-0.4, -0.2) is 28.2 Å². The largest absolute Gasteiger partial charge is 0.380 e. The van der Waals surface area contributed by atoms with Crippen molar-refractivity contribution in [3.05, 3.63) is 42.5 Å².